The van der Waals surface area contributed by atoms with Crippen LogP contribution in [0.1, 0.15) is 25.0 Å². The predicted octanol–water partition coefficient (Wildman–Crippen LogP) is 2.71. The molecule has 1 saturated heterocycles. The van der Waals surface area contributed by atoms with Gasteiger partial charge in [0.15, 0.2) is 5.60 Å². The second-order valence-electron chi connectivity index (χ2n) is 7.23. The van der Waals surface area contributed by atoms with Crippen LogP contribution in [0.15, 0.2) is 48.8 Å². The van der Waals surface area contributed by atoms with Crippen LogP contribution in [0.25, 0.3) is 12.2 Å². The van der Waals surface area contributed by atoms with E-state index in [1.54, 1.807) is 36.0 Å². The van der Waals surface area contributed by atoms with Gasteiger partial charge in [0.1, 0.15) is 5.75 Å². The Balaban J connectivity index is 1.60. The number of carbonyl (C=O) groups is 2. The van der Waals surface area contributed by atoms with E-state index in [4.69, 9.17) is 4.74 Å². The number of piperazine rings is 1. The Hall–Kier alpha value is -3.15. The Kier molecular flexibility index (Phi) is 6.09. The molecule has 0 saturated carbocycles. The molecule has 1 fully saturated rings. The number of rotatable bonds is 6. The first-order valence-corrected chi connectivity index (χ1v) is 9.34. The lowest BCUT2D eigenvalue weighted by atomic mass is 10.1. The molecule has 1 aromatic heterocycles. The van der Waals surface area contributed by atoms with Crippen molar-refractivity contribution in [3.63, 3.8) is 0 Å². The van der Waals surface area contributed by atoms with Gasteiger partial charge in [0.05, 0.1) is 0 Å². The molecule has 28 heavy (non-hydrogen) atoms. The minimum atomic E-state index is -0.974. The molecule has 0 aliphatic carbocycles. The number of ether oxygens (including phenoxy) is 1. The van der Waals surface area contributed by atoms with Gasteiger partial charge in [-0.2, -0.15) is 0 Å². The van der Waals surface area contributed by atoms with Gasteiger partial charge < -0.3 is 14.5 Å². The van der Waals surface area contributed by atoms with Crippen molar-refractivity contribution < 1.29 is 14.3 Å². The second kappa shape index (κ2) is 8.69. The summed E-state index contributed by atoms with van der Waals surface area (Å²) >= 11 is 0. The van der Waals surface area contributed by atoms with E-state index in [0.717, 1.165) is 17.5 Å². The fraction of sp³-hybridized carbons (Fsp3) is 0.318. The summed E-state index contributed by atoms with van der Waals surface area (Å²) in [5, 5.41) is 0. The Labute approximate surface area is 165 Å². The van der Waals surface area contributed by atoms with Crippen molar-refractivity contribution in [3.8, 4) is 5.75 Å². The molecule has 146 valence electrons. The van der Waals surface area contributed by atoms with E-state index in [1.807, 2.05) is 48.6 Å². The zero-order valence-corrected chi connectivity index (χ0v) is 16.2. The highest BCUT2D eigenvalue weighted by molar-refractivity contribution is 5.85. The number of amides is 2. The van der Waals surface area contributed by atoms with Gasteiger partial charge in [-0.1, -0.05) is 24.3 Å². The first-order valence-electron chi connectivity index (χ1n) is 9.34. The van der Waals surface area contributed by atoms with Crippen molar-refractivity contribution >= 4 is 24.5 Å². The molecular weight excluding hydrogens is 354 g/mol. The molecular formula is C22H25N3O3. The van der Waals surface area contributed by atoms with Gasteiger partial charge in [0.2, 0.25) is 6.41 Å². The van der Waals surface area contributed by atoms with Gasteiger partial charge >= 0.3 is 0 Å². The highest BCUT2D eigenvalue weighted by Crippen LogP contribution is 2.22. The molecule has 0 N–H and O–H groups in total. The van der Waals surface area contributed by atoms with Gasteiger partial charge in [0.25, 0.3) is 5.91 Å². The molecule has 1 aliphatic rings. The molecule has 2 heterocycles. The first kappa shape index (κ1) is 19.6. The van der Waals surface area contributed by atoms with Crippen LogP contribution in [0, 0.1) is 0 Å². The maximum Gasteiger partial charge on any atom is 0.266 e. The lowest BCUT2D eigenvalue weighted by molar-refractivity contribution is -0.148. The van der Waals surface area contributed by atoms with Gasteiger partial charge in [-0.25, -0.2) is 0 Å². The summed E-state index contributed by atoms with van der Waals surface area (Å²) in [5.41, 5.74) is 1.15. The quantitative estimate of drug-likeness (QED) is 0.724. The predicted molar refractivity (Wildman–Crippen MR) is 109 cm³/mol. The molecule has 0 spiro atoms. The van der Waals surface area contributed by atoms with Gasteiger partial charge in [-0.15, -0.1) is 0 Å². The topological polar surface area (TPSA) is 62.7 Å². The molecule has 0 bridgehead atoms. The Bertz CT molecular complexity index is 824. The van der Waals surface area contributed by atoms with E-state index >= 15 is 0 Å². The Morgan fingerprint density at radius 1 is 0.964 bits per heavy atom. The monoisotopic (exact) mass is 379 g/mol. The summed E-state index contributed by atoms with van der Waals surface area (Å²) < 4.78 is 5.98. The largest absolute Gasteiger partial charge is 0.478 e. The van der Waals surface area contributed by atoms with E-state index in [9.17, 15) is 9.59 Å². The zero-order chi connectivity index (χ0) is 20.0. The molecule has 0 atom stereocenters. The third kappa shape index (κ3) is 4.97. The fourth-order valence-electron chi connectivity index (χ4n) is 3.06. The van der Waals surface area contributed by atoms with Crippen molar-refractivity contribution in [2.75, 3.05) is 26.2 Å². The molecule has 2 amide bonds. The third-order valence-electron chi connectivity index (χ3n) is 4.69. The summed E-state index contributed by atoms with van der Waals surface area (Å²) in [6, 6.07) is 11.5. The number of benzene rings is 1. The number of pyridine rings is 1. The van der Waals surface area contributed by atoms with Gasteiger partial charge in [-0.3, -0.25) is 14.6 Å². The van der Waals surface area contributed by atoms with Crippen LogP contribution >= 0.6 is 0 Å². The van der Waals surface area contributed by atoms with Crippen molar-refractivity contribution in [1.82, 2.24) is 14.8 Å². The zero-order valence-electron chi connectivity index (χ0n) is 16.2. The van der Waals surface area contributed by atoms with E-state index in [-0.39, 0.29) is 5.91 Å². The van der Waals surface area contributed by atoms with Crippen molar-refractivity contribution in [1.29, 1.82) is 0 Å². The molecule has 3 rings (SSSR count). The van der Waals surface area contributed by atoms with Crippen molar-refractivity contribution in [3.05, 3.63) is 59.9 Å². The Morgan fingerprint density at radius 3 is 2.11 bits per heavy atom. The van der Waals surface area contributed by atoms with Crippen LogP contribution in [0.5, 0.6) is 5.75 Å². The second-order valence-corrected chi connectivity index (χ2v) is 7.23. The summed E-state index contributed by atoms with van der Waals surface area (Å²) in [6.45, 7) is 5.73. The summed E-state index contributed by atoms with van der Waals surface area (Å²) in [5.74, 6) is 0.575. The van der Waals surface area contributed by atoms with Crippen LogP contribution in [-0.4, -0.2) is 58.9 Å². The van der Waals surface area contributed by atoms with E-state index in [0.29, 0.717) is 31.9 Å². The standard InChI is InChI=1S/C22H25N3O3/c1-22(2,21(27)25-15-13-24(17-26)14-16-25)28-20-7-5-18(6-8-20)3-4-19-9-11-23-12-10-19/h3-12,17H,13-16H2,1-2H3/b4-3+. The van der Waals surface area contributed by atoms with Crippen LogP contribution in [0.2, 0.25) is 0 Å². The Morgan fingerprint density at radius 2 is 1.54 bits per heavy atom. The minimum Gasteiger partial charge on any atom is -0.478 e. The molecule has 1 aliphatic heterocycles. The molecule has 0 radical (unpaired) electrons. The summed E-state index contributed by atoms with van der Waals surface area (Å²) in [7, 11) is 0. The molecule has 6 nitrogen and oxygen atoms in total. The number of hydrogen-bond acceptors (Lipinski definition) is 4. The van der Waals surface area contributed by atoms with E-state index in [1.165, 1.54) is 0 Å². The SMILES string of the molecule is CC(C)(Oc1ccc(/C=C/c2ccncc2)cc1)C(=O)N1CCN(C=O)CC1. The average molecular weight is 379 g/mol. The molecule has 2 aromatic rings. The average Bonchev–Trinajstić information content (AvgIpc) is 2.73. The van der Waals surface area contributed by atoms with Crippen LogP contribution in [-0.2, 0) is 9.59 Å². The maximum atomic E-state index is 12.8. The lowest BCUT2D eigenvalue weighted by Gasteiger charge is -2.37. The molecule has 6 heteroatoms. The van der Waals surface area contributed by atoms with Crippen LogP contribution in [0.4, 0.5) is 0 Å². The fourth-order valence-corrected chi connectivity index (χ4v) is 3.06. The maximum absolute atomic E-state index is 12.8. The third-order valence-corrected chi connectivity index (χ3v) is 4.69. The lowest BCUT2D eigenvalue weighted by Crippen LogP contribution is -2.55. The molecule has 1 aromatic carbocycles. The molecule has 0 unspecified atom stereocenters. The van der Waals surface area contributed by atoms with Gasteiger partial charge in [-0.05, 0) is 49.2 Å². The van der Waals surface area contributed by atoms with E-state index < -0.39 is 5.60 Å². The van der Waals surface area contributed by atoms with Crippen molar-refractivity contribution in [2.45, 2.75) is 19.4 Å². The smallest absolute Gasteiger partial charge is 0.266 e. The summed E-state index contributed by atoms with van der Waals surface area (Å²) in [6.07, 6.45) is 8.38. The van der Waals surface area contributed by atoms with Crippen LogP contribution in [0.3, 0.4) is 0 Å². The van der Waals surface area contributed by atoms with Crippen molar-refractivity contribution in [2.24, 2.45) is 0 Å². The van der Waals surface area contributed by atoms with Gasteiger partial charge in [0, 0.05) is 38.6 Å². The highest BCUT2D eigenvalue weighted by atomic mass is 16.5. The highest BCUT2D eigenvalue weighted by Gasteiger charge is 2.35. The summed E-state index contributed by atoms with van der Waals surface area (Å²) in [4.78, 5) is 31.1. The van der Waals surface area contributed by atoms with Crippen LogP contribution < -0.4 is 4.74 Å². The van der Waals surface area contributed by atoms with E-state index in [2.05, 4.69) is 4.98 Å². The normalized spacial score (nSPS) is 14.9. The number of carbonyl (C=O) groups excluding carboxylic acids is 2. The minimum absolute atomic E-state index is 0.0697. The number of hydrogen-bond donors (Lipinski definition) is 0. The number of nitrogens with zero attached hydrogens (tertiary/aromatic N) is 3. The first-order chi connectivity index (χ1) is 13.5. The number of aromatic nitrogens is 1.